The predicted octanol–water partition coefficient (Wildman–Crippen LogP) is 1.40. The Balaban J connectivity index is 2.59. The molecule has 0 aromatic heterocycles. The molecule has 1 aromatic rings. The maximum Gasteiger partial charge on any atom is 0.335 e. The van der Waals surface area contributed by atoms with E-state index in [1.165, 1.54) is 25.2 Å². The summed E-state index contributed by atoms with van der Waals surface area (Å²) in [6, 6.07) is 3.77. The maximum absolute atomic E-state index is 11.6. The quantitative estimate of drug-likeness (QED) is 0.648. The Morgan fingerprint density at radius 2 is 2.00 bits per heavy atom. The highest BCUT2D eigenvalue weighted by molar-refractivity contribution is 9.10. The van der Waals surface area contributed by atoms with Gasteiger partial charge in [0.05, 0.1) is 11.3 Å². The first-order valence-corrected chi connectivity index (χ1v) is 6.51. The molecule has 4 N–H and O–H groups in total. The number of anilines is 1. The number of aromatic carboxylic acids is 1. The fraction of sp³-hybridized carbons (Fsp3) is 0.250. The van der Waals surface area contributed by atoms with Gasteiger partial charge in [0.2, 0.25) is 5.91 Å². The number of halogens is 1. The van der Waals surface area contributed by atoms with Crippen LogP contribution in [0.25, 0.3) is 0 Å². The van der Waals surface area contributed by atoms with Crippen LogP contribution in [0.5, 0.6) is 0 Å². The molecule has 0 saturated heterocycles. The Morgan fingerprint density at radius 3 is 2.60 bits per heavy atom. The fourth-order valence-electron chi connectivity index (χ4n) is 1.34. The molecule has 1 rings (SSSR count). The molecule has 0 spiro atoms. The molecule has 108 valence electrons. The van der Waals surface area contributed by atoms with E-state index in [2.05, 4.69) is 31.9 Å². The van der Waals surface area contributed by atoms with Crippen molar-refractivity contribution in [2.45, 2.75) is 6.42 Å². The van der Waals surface area contributed by atoms with Crippen LogP contribution in [-0.4, -0.2) is 36.6 Å². The minimum atomic E-state index is -1.08. The highest BCUT2D eigenvalue weighted by Gasteiger charge is 2.09. The molecular weight excluding hydrogens is 330 g/mol. The Bertz CT molecular complexity index is 533. The van der Waals surface area contributed by atoms with Crippen molar-refractivity contribution in [3.8, 4) is 0 Å². The Kier molecular flexibility index (Phi) is 5.98. The summed E-state index contributed by atoms with van der Waals surface area (Å²) in [7, 11) is 1.51. The van der Waals surface area contributed by atoms with Crippen molar-refractivity contribution >= 4 is 39.5 Å². The smallest absolute Gasteiger partial charge is 0.335 e. The average molecular weight is 344 g/mol. The number of rotatable bonds is 5. The third-order valence-corrected chi connectivity index (χ3v) is 3.07. The number of carboxylic acid groups (broad SMARTS) is 1. The van der Waals surface area contributed by atoms with Gasteiger partial charge in [0.1, 0.15) is 0 Å². The summed E-state index contributed by atoms with van der Waals surface area (Å²) < 4.78 is 0.559. The summed E-state index contributed by atoms with van der Waals surface area (Å²) in [5.74, 6) is -1.26. The fourth-order valence-corrected chi connectivity index (χ4v) is 1.68. The predicted molar refractivity (Wildman–Crippen MR) is 76.8 cm³/mol. The van der Waals surface area contributed by atoms with Crippen LogP contribution >= 0.6 is 15.9 Å². The van der Waals surface area contributed by atoms with Crippen molar-refractivity contribution in [3.63, 3.8) is 0 Å². The molecule has 7 nitrogen and oxygen atoms in total. The first-order valence-electron chi connectivity index (χ1n) is 5.72. The molecule has 3 amide bonds. The highest BCUT2D eigenvalue weighted by atomic mass is 79.9. The maximum atomic E-state index is 11.6. The Labute approximate surface area is 123 Å². The van der Waals surface area contributed by atoms with Gasteiger partial charge < -0.3 is 21.1 Å². The second-order valence-corrected chi connectivity index (χ2v) is 4.66. The van der Waals surface area contributed by atoms with Crippen LogP contribution in [0.1, 0.15) is 16.8 Å². The van der Waals surface area contributed by atoms with E-state index in [9.17, 15) is 14.4 Å². The second kappa shape index (κ2) is 7.49. The molecule has 0 unspecified atom stereocenters. The zero-order chi connectivity index (χ0) is 15.1. The molecule has 0 bridgehead atoms. The highest BCUT2D eigenvalue weighted by Crippen LogP contribution is 2.23. The number of carbonyl (C=O) groups excluding carboxylic acids is 2. The van der Waals surface area contributed by atoms with Gasteiger partial charge in [-0.3, -0.25) is 4.79 Å². The van der Waals surface area contributed by atoms with E-state index in [4.69, 9.17) is 5.11 Å². The van der Waals surface area contributed by atoms with Crippen LogP contribution in [0, 0.1) is 0 Å². The van der Waals surface area contributed by atoms with Crippen LogP contribution in [-0.2, 0) is 4.79 Å². The molecule has 0 heterocycles. The van der Waals surface area contributed by atoms with Gasteiger partial charge in [-0.2, -0.15) is 0 Å². The summed E-state index contributed by atoms with van der Waals surface area (Å²) >= 11 is 3.21. The zero-order valence-corrected chi connectivity index (χ0v) is 12.3. The molecule has 0 aliphatic heterocycles. The summed E-state index contributed by atoms with van der Waals surface area (Å²) in [5, 5.41) is 16.3. The van der Waals surface area contributed by atoms with E-state index in [1.54, 1.807) is 0 Å². The van der Waals surface area contributed by atoms with Crippen molar-refractivity contribution in [3.05, 3.63) is 28.2 Å². The summed E-state index contributed by atoms with van der Waals surface area (Å²) in [5.41, 5.74) is 0.399. The van der Waals surface area contributed by atoms with E-state index in [1.807, 2.05) is 0 Å². The average Bonchev–Trinajstić information content (AvgIpc) is 2.40. The SMILES string of the molecule is CNC(=O)CCNC(=O)Nc1cc(C(=O)O)ccc1Br. The van der Waals surface area contributed by atoms with Crippen molar-refractivity contribution in [2.75, 3.05) is 18.9 Å². The lowest BCUT2D eigenvalue weighted by Gasteiger charge is -2.09. The first-order chi connectivity index (χ1) is 9.43. The molecule has 0 atom stereocenters. The lowest BCUT2D eigenvalue weighted by atomic mass is 10.2. The van der Waals surface area contributed by atoms with Crippen molar-refractivity contribution in [1.29, 1.82) is 0 Å². The molecular formula is C12H14BrN3O4. The number of carbonyl (C=O) groups is 3. The van der Waals surface area contributed by atoms with Crippen LogP contribution in [0.2, 0.25) is 0 Å². The summed E-state index contributed by atoms with van der Waals surface area (Å²) in [4.78, 5) is 33.4. The number of benzene rings is 1. The topological polar surface area (TPSA) is 108 Å². The number of amides is 3. The number of hydrogen-bond acceptors (Lipinski definition) is 3. The zero-order valence-electron chi connectivity index (χ0n) is 10.7. The molecule has 20 heavy (non-hydrogen) atoms. The molecule has 0 radical (unpaired) electrons. The number of nitrogens with one attached hydrogen (secondary N) is 3. The second-order valence-electron chi connectivity index (χ2n) is 3.80. The normalized spacial score (nSPS) is 9.70. The molecule has 0 fully saturated rings. The van der Waals surface area contributed by atoms with Gasteiger partial charge in [0, 0.05) is 24.5 Å². The molecule has 0 saturated carbocycles. The summed E-state index contributed by atoms with van der Waals surface area (Å²) in [6.07, 6.45) is 0.167. The first kappa shape index (κ1) is 16.0. The van der Waals surface area contributed by atoms with Gasteiger partial charge in [-0.05, 0) is 34.1 Å². The monoisotopic (exact) mass is 343 g/mol. The van der Waals surface area contributed by atoms with Crippen molar-refractivity contribution in [1.82, 2.24) is 10.6 Å². The van der Waals surface area contributed by atoms with E-state index in [0.717, 1.165) is 0 Å². The minimum absolute atomic E-state index is 0.0638. The molecule has 0 aliphatic carbocycles. The van der Waals surface area contributed by atoms with Crippen LogP contribution in [0.4, 0.5) is 10.5 Å². The van der Waals surface area contributed by atoms with E-state index >= 15 is 0 Å². The third kappa shape index (κ3) is 4.88. The van der Waals surface area contributed by atoms with Gasteiger partial charge >= 0.3 is 12.0 Å². The minimum Gasteiger partial charge on any atom is -0.478 e. The lowest BCUT2D eigenvalue weighted by molar-refractivity contribution is -0.120. The molecule has 0 aliphatic rings. The van der Waals surface area contributed by atoms with Crippen LogP contribution in [0.3, 0.4) is 0 Å². The van der Waals surface area contributed by atoms with Gasteiger partial charge in [-0.1, -0.05) is 0 Å². The number of hydrogen-bond donors (Lipinski definition) is 4. The lowest BCUT2D eigenvalue weighted by Crippen LogP contribution is -2.32. The molecule has 1 aromatic carbocycles. The Hall–Kier alpha value is -2.09. The van der Waals surface area contributed by atoms with Crippen LogP contribution < -0.4 is 16.0 Å². The van der Waals surface area contributed by atoms with E-state index in [0.29, 0.717) is 10.2 Å². The van der Waals surface area contributed by atoms with Gasteiger partial charge in [-0.25, -0.2) is 9.59 Å². The van der Waals surface area contributed by atoms with Gasteiger partial charge in [-0.15, -0.1) is 0 Å². The third-order valence-electron chi connectivity index (χ3n) is 2.38. The van der Waals surface area contributed by atoms with Gasteiger partial charge in [0.25, 0.3) is 0 Å². The molecule has 8 heteroatoms. The van der Waals surface area contributed by atoms with Crippen molar-refractivity contribution in [2.24, 2.45) is 0 Å². The van der Waals surface area contributed by atoms with Crippen LogP contribution in [0.15, 0.2) is 22.7 Å². The Morgan fingerprint density at radius 1 is 1.30 bits per heavy atom. The van der Waals surface area contributed by atoms with Gasteiger partial charge in [0.15, 0.2) is 0 Å². The number of urea groups is 1. The summed E-state index contributed by atoms with van der Waals surface area (Å²) in [6.45, 7) is 0.182. The standard InChI is InChI=1S/C12H14BrN3O4/c1-14-10(17)4-5-15-12(20)16-9-6-7(11(18)19)2-3-8(9)13/h2-3,6H,4-5H2,1H3,(H,14,17)(H,18,19)(H2,15,16,20). The largest absolute Gasteiger partial charge is 0.478 e. The number of carboxylic acids is 1. The van der Waals surface area contributed by atoms with E-state index in [-0.39, 0.29) is 24.4 Å². The van der Waals surface area contributed by atoms with Crippen molar-refractivity contribution < 1.29 is 19.5 Å². The van der Waals surface area contributed by atoms with E-state index < -0.39 is 12.0 Å².